The summed E-state index contributed by atoms with van der Waals surface area (Å²) in [5.74, 6) is -0.00447. The highest BCUT2D eigenvalue weighted by atomic mass is 16.3. The fraction of sp³-hybridized carbons (Fsp3) is 0.455. The minimum Gasteiger partial charge on any atom is -0.504 e. The Balaban J connectivity index is 2.50. The summed E-state index contributed by atoms with van der Waals surface area (Å²) in [5, 5.41) is 19.4. The summed E-state index contributed by atoms with van der Waals surface area (Å²) < 4.78 is 0. The normalized spacial score (nSPS) is 18.1. The van der Waals surface area contributed by atoms with Crippen LogP contribution in [0.5, 0.6) is 11.5 Å². The maximum absolute atomic E-state index is 9.78. The van der Waals surface area contributed by atoms with Crippen LogP contribution in [0.15, 0.2) is 12.1 Å². The average molecular weight is 193 g/mol. The Hall–Kier alpha value is -1.22. The van der Waals surface area contributed by atoms with E-state index < -0.39 is 0 Å². The van der Waals surface area contributed by atoms with Gasteiger partial charge in [-0.05, 0) is 25.3 Å². The van der Waals surface area contributed by atoms with Crippen LogP contribution in [0.4, 0.5) is 0 Å². The molecule has 1 fully saturated rings. The molecular weight excluding hydrogens is 178 g/mol. The molecule has 0 saturated heterocycles. The van der Waals surface area contributed by atoms with Crippen molar-refractivity contribution in [2.24, 2.45) is 5.73 Å². The maximum atomic E-state index is 9.78. The predicted molar refractivity (Wildman–Crippen MR) is 54.5 cm³/mol. The van der Waals surface area contributed by atoms with E-state index in [1.165, 1.54) is 0 Å². The Kier molecular flexibility index (Phi) is 1.93. The molecule has 0 aliphatic heterocycles. The highest BCUT2D eigenvalue weighted by Crippen LogP contribution is 2.52. The summed E-state index contributed by atoms with van der Waals surface area (Å²) in [6, 6.07) is 3.68. The van der Waals surface area contributed by atoms with Gasteiger partial charge in [0.1, 0.15) is 0 Å². The van der Waals surface area contributed by atoms with Crippen LogP contribution in [-0.2, 0) is 5.41 Å². The molecule has 1 aliphatic rings. The number of hydrogen-bond donors (Lipinski definition) is 3. The van der Waals surface area contributed by atoms with Crippen LogP contribution in [0.1, 0.15) is 24.0 Å². The van der Waals surface area contributed by atoms with Gasteiger partial charge in [0.15, 0.2) is 11.5 Å². The second kappa shape index (κ2) is 2.89. The van der Waals surface area contributed by atoms with E-state index in [0.29, 0.717) is 12.1 Å². The summed E-state index contributed by atoms with van der Waals surface area (Å²) >= 11 is 0. The van der Waals surface area contributed by atoms with Gasteiger partial charge >= 0.3 is 0 Å². The van der Waals surface area contributed by atoms with Gasteiger partial charge in [-0.1, -0.05) is 12.1 Å². The minimum atomic E-state index is -0.0741. The van der Waals surface area contributed by atoms with Crippen molar-refractivity contribution >= 4 is 0 Å². The van der Waals surface area contributed by atoms with Crippen LogP contribution in [0.25, 0.3) is 0 Å². The number of phenols is 2. The van der Waals surface area contributed by atoms with Gasteiger partial charge in [-0.2, -0.15) is 0 Å². The van der Waals surface area contributed by atoms with Gasteiger partial charge in [0.25, 0.3) is 0 Å². The van der Waals surface area contributed by atoms with E-state index >= 15 is 0 Å². The quantitative estimate of drug-likeness (QED) is 0.622. The molecule has 0 aromatic heterocycles. The zero-order valence-corrected chi connectivity index (χ0v) is 8.25. The summed E-state index contributed by atoms with van der Waals surface area (Å²) in [4.78, 5) is 0. The summed E-state index contributed by atoms with van der Waals surface area (Å²) in [5.41, 5.74) is 7.08. The van der Waals surface area contributed by atoms with E-state index in [1.807, 2.05) is 12.1 Å². The fourth-order valence-corrected chi connectivity index (χ4v) is 1.84. The van der Waals surface area contributed by atoms with Crippen molar-refractivity contribution in [1.29, 1.82) is 0 Å². The standard InChI is InChI=1S/C11H15NO2/c1-7-2-3-8(10(14)9(7)13)11(6-12)4-5-11/h2-3,13-14H,4-6,12H2,1H3. The maximum Gasteiger partial charge on any atom is 0.161 e. The van der Waals surface area contributed by atoms with Crippen molar-refractivity contribution in [3.05, 3.63) is 23.3 Å². The molecule has 3 heteroatoms. The first-order chi connectivity index (χ1) is 6.60. The largest absolute Gasteiger partial charge is 0.504 e. The minimum absolute atomic E-state index is 0.00736. The second-order valence-corrected chi connectivity index (χ2v) is 4.11. The van der Waals surface area contributed by atoms with E-state index in [0.717, 1.165) is 18.4 Å². The predicted octanol–water partition coefficient (Wildman–Crippen LogP) is 1.40. The van der Waals surface area contributed by atoms with Crippen LogP contribution in [-0.4, -0.2) is 16.8 Å². The number of rotatable bonds is 2. The van der Waals surface area contributed by atoms with Crippen LogP contribution in [0, 0.1) is 6.92 Å². The lowest BCUT2D eigenvalue weighted by molar-refractivity contribution is 0.392. The van der Waals surface area contributed by atoms with Crippen LogP contribution >= 0.6 is 0 Å². The third-order valence-electron chi connectivity index (χ3n) is 3.17. The number of benzene rings is 1. The summed E-state index contributed by atoms with van der Waals surface area (Å²) in [6.45, 7) is 2.30. The average Bonchev–Trinajstić information content (AvgIpc) is 2.95. The molecule has 0 heterocycles. The molecule has 0 atom stereocenters. The Bertz CT molecular complexity index is 370. The van der Waals surface area contributed by atoms with Crippen LogP contribution in [0.3, 0.4) is 0 Å². The molecule has 0 unspecified atom stereocenters. The van der Waals surface area contributed by atoms with Crippen LogP contribution in [0.2, 0.25) is 0 Å². The van der Waals surface area contributed by atoms with Crippen LogP contribution < -0.4 is 5.73 Å². The molecule has 76 valence electrons. The molecular formula is C11H15NO2. The molecule has 4 N–H and O–H groups in total. The van der Waals surface area contributed by atoms with Gasteiger partial charge in [-0.25, -0.2) is 0 Å². The van der Waals surface area contributed by atoms with E-state index in [1.54, 1.807) is 6.92 Å². The highest BCUT2D eigenvalue weighted by Gasteiger charge is 2.45. The molecule has 3 nitrogen and oxygen atoms in total. The number of phenolic OH excluding ortho intramolecular Hbond substituents is 2. The molecule has 14 heavy (non-hydrogen) atoms. The highest BCUT2D eigenvalue weighted by molar-refractivity contribution is 5.54. The van der Waals surface area contributed by atoms with Crippen molar-refractivity contribution < 1.29 is 10.2 Å². The van der Waals surface area contributed by atoms with Gasteiger partial charge in [-0.15, -0.1) is 0 Å². The molecule has 1 aromatic carbocycles. The molecule has 0 amide bonds. The lowest BCUT2D eigenvalue weighted by Gasteiger charge is -2.16. The first-order valence-electron chi connectivity index (χ1n) is 4.83. The SMILES string of the molecule is Cc1ccc(C2(CN)CC2)c(O)c1O. The van der Waals surface area contributed by atoms with Crippen molar-refractivity contribution in [2.45, 2.75) is 25.2 Å². The smallest absolute Gasteiger partial charge is 0.161 e. The molecule has 0 bridgehead atoms. The zero-order chi connectivity index (χ0) is 10.3. The monoisotopic (exact) mass is 193 g/mol. The second-order valence-electron chi connectivity index (χ2n) is 4.11. The lowest BCUT2D eigenvalue weighted by Crippen LogP contribution is -2.19. The Morgan fingerprint density at radius 1 is 1.29 bits per heavy atom. The Labute approximate surface area is 83.2 Å². The van der Waals surface area contributed by atoms with Crippen molar-refractivity contribution in [3.63, 3.8) is 0 Å². The topological polar surface area (TPSA) is 66.5 Å². The molecule has 2 rings (SSSR count). The number of aryl methyl sites for hydroxylation is 1. The van der Waals surface area contributed by atoms with Gasteiger partial charge in [-0.3, -0.25) is 0 Å². The first kappa shape index (κ1) is 9.34. The van der Waals surface area contributed by atoms with Gasteiger partial charge in [0.2, 0.25) is 0 Å². The zero-order valence-electron chi connectivity index (χ0n) is 8.25. The van der Waals surface area contributed by atoms with E-state index in [4.69, 9.17) is 5.73 Å². The molecule has 1 aliphatic carbocycles. The van der Waals surface area contributed by atoms with Crippen molar-refractivity contribution in [1.82, 2.24) is 0 Å². The third kappa shape index (κ3) is 1.16. The summed E-state index contributed by atoms with van der Waals surface area (Å²) in [7, 11) is 0. The van der Waals surface area contributed by atoms with E-state index in [-0.39, 0.29) is 16.9 Å². The Morgan fingerprint density at radius 3 is 2.43 bits per heavy atom. The number of nitrogens with two attached hydrogens (primary N) is 1. The van der Waals surface area contributed by atoms with E-state index in [2.05, 4.69) is 0 Å². The molecule has 0 spiro atoms. The van der Waals surface area contributed by atoms with Gasteiger partial charge < -0.3 is 15.9 Å². The fourth-order valence-electron chi connectivity index (χ4n) is 1.84. The first-order valence-corrected chi connectivity index (χ1v) is 4.83. The van der Waals surface area contributed by atoms with Crippen molar-refractivity contribution in [2.75, 3.05) is 6.54 Å². The number of hydrogen-bond acceptors (Lipinski definition) is 3. The third-order valence-corrected chi connectivity index (χ3v) is 3.17. The van der Waals surface area contributed by atoms with Gasteiger partial charge in [0.05, 0.1) is 0 Å². The Morgan fingerprint density at radius 2 is 1.93 bits per heavy atom. The molecule has 1 saturated carbocycles. The van der Waals surface area contributed by atoms with E-state index in [9.17, 15) is 10.2 Å². The number of aromatic hydroxyl groups is 2. The summed E-state index contributed by atoms with van der Waals surface area (Å²) in [6.07, 6.45) is 2.00. The van der Waals surface area contributed by atoms with Crippen molar-refractivity contribution in [3.8, 4) is 11.5 Å². The van der Waals surface area contributed by atoms with Gasteiger partial charge in [0, 0.05) is 17.5 Å². The molecule has 1 aromatic rings. The molecule has 0 radical (unpaired) electrons. The lowest BCUT2D eigenvalue weighted by atomic mass is 9.93.